The Balaban J connectivity index is 4.35. The average molecular weight is 681 g/mol. The molecule has 0 fully saturated rings. The maximum absolute atomic E-state index is 12.6. The van der Waals surface area contributed by atoms with Crippen LogP contribution < -0.4 is 0 Å². The molecular formula is C42H80O6. The lowest BCUT2D eigenvalue weighted by atomic mass is 10.0. The molecule has 0 bridgehead atoms. The fourth-order valence-electron chi connectivity index (χ4n) is 6.05. The van der Waals surface area contributed by atoms with Crippen molar-refractivity contribution < 1.29 is 28.6 Å². The van der Waals surface area contributed by atoms with Gasteiger partial charge in [0.1, 0.15) is 13.2 Å². The van der Waals surface area contributed by atoms with E-state index >= 15 is 0 Å². The third kappa shape index (κ3) is 35.7. The molecule has 0 spiro atoms. The summed E-state index contributed by atoms with van der Waals surface area (Å²) in [6, 6.07) is 0. The molecule has 0 N–H and O–H groups in total. The molecule has 0 aromatic carbocycles. The summed E-state index contributed by atoms with van der Waals surface area (Å²) < 4.78 is 16.6. The van der Waals surface area contributed by atoms with Crippen LogP contribution in [0.15, 0.2) is 0 Å². The summed E-state index contributed by atoms with van der Waals surface area (Å²) in [5.41, 5.74) is 0. The Labute approximate surface area is 298 Å². The van der Waals surface area contributed by atoms with Crippen molar-refractivity contribution in [1.82, 2.24) is 0 Å². The van der Waals surface area contributed by atoms with E-state index in [1.165, 1.54) is 109 Å². The maximum atomic E-state index is 12.6. The molecule has 0 amide bonds. The van der Waals surface area contributed by atoms with Gasteiger partial charge in [0.05, 0.1) is 0 Å². The van der Waals surface area contributed by atoms with E-state index in [2.05, 4.69) is 34.6 Å². The Morgan fingerprint density at radius 2 is 0.688 bits per heavy atom. The van der Waals surface area contributed by atoms with Crippen molar-refractivity contribution in [3.05, 3.63) is 0 Å². The highest BCUT2D eigenvalue weighted by atomic mass is 16.6. The van der Waals surface area contributed by atoms with Crippen molar-refractivity contribution in [2.24, 2.45) is 11.8 Å². The molecule has 0 aliphatic heterocycles. The third-order valence-corrected chi connectivity index (χ3v) is 9.22. The molecule has 0 aromatic heterocycles. The molecule has 0 aliphatic carbocycles. The van der Waals surface area contributed by atoms with Crippen LogP contribution in [0.3, 0.4) is 0 Å². The molecule has 0 heterocycles. The van der Waals surface area contributed by atoms with Crippen LogP contribution in [0.4, 0.5) is 0 Å². The van der Waals surface area contributed by atoms with Crippen LogP contribution in [-0.4, -0.2) is 37.2 Å². The van der Waals surface area contributed by atoms with E-state index < -0.39 is 6.10 Å². The van der Waals surface area contributed by atoms with Gasteiger partial charge in [-0.2, -0.15) is 0 Å². The van der Waals surface area contributed by atoms with Crippen molar-refractivity contribution in [3.8, 4) is 0 Å². The predicted octanol–water partition coefficient (Wildman–Crippen LogP) is 12.6. The smallest absolute Gasteiger partial charge is 0.306 e. The summed E-state index contributed by atoms with van der Waals surface area (Å²) in [5, 5.41) is 0. The normalized spacial score (nSPS) is 12.1. The first-order valence-corrected chi connectivity index (χ1v) is 20.7. The van der Waals surface area contributed by atoms with Crippen LogP contribution in [0.5, 0.6) is 0 Å². The van der Waals surface area contributed by atoms with E-state index in [-0.39, 0.29) is 31.1 Å². The van der Waals surface area contributed by atoms with Crippen LogP contribution in [0.25, 0.3) is 0 Å². The topological polar surface area (TPSA) is 78.9 Å². The Morgan fingerprint density at radius 3 is 1.02 bits per heavy atom. The Hall–Kier alpha value is -1.59. The van der Waals surface area contributed by atoms with Crippen molar-refractivity contribution >= 4 is 17.9 Å². The highest BCUT2D eigenvalue weighted by Gasteiger charge is 2.19. The van der Waals surface area contributed by atoms with Crippen LogP contribution in [0.1, 0.15) is 221 Å². The number of carbonyl (C=O) groups is 3. The molecule has 0 unspecified atom stereocenters. The zero-order chi connectivity index (χ0) is 35.5. The lowest BCUT2D eigenvalue weighted by molar-refractivity contribution is -0.167. The monoisotopic (exact) mass is 681 g/mol. The number of ether oxygens (including phenoxy) is 3. The molecule has 0 saturated heterocycles. The van der Waals surface area contributed by atoms with Gasteiger partial charge >= 0.3 is 17.9 Å². The van der Waals surface area contributed by atoms with Gasteiger partial charge < -0.3 is 14.2 Å². The third-order valence-electron chi connectivity index (χ3n) is 9.22. The second-order valence-corrected chi connectivity index (χ2v) is 15.2. The summed E-state index contributed by atoms with van der Waals surface area (Å²) in [6.45, 7) is 11.2. The number of hydrogen-bond donors (Lipinski definition) is 0. The molecule has 284 valence electrons. The summed E-state index contributed by atoms with van der Waals surface area (Å²) in [7, 11) is 0. The SMILES string of the molecule is CCCCCCCCCCCC(=O)O[C@@H](COC(=O)CCCCCCCCCCC(C)C)COC(=O)CCCCCCCCCC(C)C. The first-order chi connectivity index (χ1) is 23.2. The molecule has 6 nitrogen and oxygen atoms in total. The van der Waals surface area contributed by atoms with E-state index in [1.807, 2.05) is 0 Å². The standard InChI is InChI=1S/C42H80O6/c1-6-7-8-9-10-11-18-24-29-34-42(45)48-39(36-47-41(44)33-28-23-19-14-16-21-26-31-38(4)5)35-46-40(43)32-27-22-17-13-12-15-20-25-30-37(2)3/h37-39H,6-36H2,1-5H3/t39-/m0/s1. The summed E-state index contributed by atoms with van der Waals surface area (Å²) in [6.07, 6.45) is 31.0. The number of esters is 3. The number of rotatable bonds is 36. The zero-order valence-electron chi connectivity index (χ0n) is 32.6. The minimum atomic E-state index is -0.759. The van der Waals surface area contributed by atoms with E-state index in [9.17, 15) is 14.4 Å². The molecular weight excluding hydrogens is 600 g/mol. The lowest BCUT2D eigenvalue weighted by Crippen LogP contribution is -2.30. The second-order valence-electron chi connectivity index (χ2n) is 15.2. The van der Waals surface area contributed by atoms with E-state index in [4.69, 9.17) is 14.2 Å². The van der Waals surface area contributed by atoms with Crippen LogP contribution in [0.2, 0.25) is 0 Å². The van der Waals surface area contributed by atoms with Crippen molar-refractivity contribution in [3.63, 3.8) is 0 Å². The van der Waals surface area contributed by atoms with Gasteiger partial charge in [-0.25, -0.2) is 0 Å². The summed E-state index contributed by atoms with van der Waals surface area (Å²) >= 11 is 0. The number of carbonyl (C=O) groups excluding carboxylic acids is 3. The number of unbranched alkanes of at least 4 members (excludes halogenated alkanes) is 21. The van der Waals surface area contributed by atoms with Crippen molar-refractivity contribution in [2.75, 3.05) is 13.2 Å². The van der Waals surface area contributed by atoms with Gasteiger partial charge in [0.25, 0.3) is 0 Å². The quantitative estimate of drug-likeness (QED) is 0.0372. The molecule has 0 saturated carbocycles. The molecule has 0 aromatic rings. The summed E-state index contributed by atoms with van der Waals surface area (Å²) in [5.74, 6) is 0.708. The van der Waals surface area contributed by atoms with E-state index in [0.29, 0.717) is 19.3 Å². The van der Waals surface area contributed by atoms with Gasteiger partial charge in [-0.05, 0) is 31.1 Å². The van der Waals surface area contributed by atoms with Crippen LogP contribution in [0, 0.1) is 11.8 Å². The van der Waals surface area contributed by atoms with Gasteiger partial charge in [0.15, 0.2) is 6.10 Å². The van der Waals surface area contributed by atoms with Crippen molar-refractivity contribution in [1.29, 1.82) is 0 Å². The van der Waals surface area contributed by atoms with E-state index in [0.717, 1.165) is 69.6 Å². The van der Waals surface area contributed by atoms with E-state index in [1.54, 1.807) is 0 Å². The number of hydrogen-bond acceptors (Lipinski definition) is 6. The highest BCUT2D eigenvalue weighted by Crippen LogP contribution is 2.15. The van der Waals surface area contributed by atoms with Crippen molar-refractivity contribution in [2.45, 2.75) is 227 Å². The Kier molecular flexibility index (Phi) is 34.1. The molecule has 6 heteroatoms. The minimum Gasteiger partial charge on any atom is -0.462 e. The van der Waals surface area contributed by atoms with Crippen LogP contribution in [-0.2, 0) is 28.6 Å². The summed E-state index contributed by atoms with van der Waals surface area (Å²) in [4.78, 5) is 37.5. The Morgan fingerprint density at radius 1 is 0.396 bits per heavy atom. The average Bonchev–Trinajstić information content (AvgIpc) is 3.04. The van der Waals surface area contributed by atoms with Gasteiger partial charge in [0.2, 0.25) is 0 Å². The Bertz CT molecular complexity index is 734. The second kappa shape index (κ2) is 35.2. The van der Waals surface area contributed by atoms with Crippen LogP contribution >= 0.6 is 0 Å². The lowest BCUT2D eigenvalue weighted by Gasteiger charge is -2.18. The first kappa shape index (κ1) is 46.4. The minimum absolute atomic E-state index is 0.0667. The zero-order valence-corrected chi connectivity index (χ0v) is 32.6. The fraction of sp³-hybridized carbons (Fsp3) is 0.929. The molecule has 0 rings (SSSR count). The molecule has 0 aliphatic rings. The molecule has 1 atom stereocenters. The van der Waals surface area contributed by atoms with Gasteiger partial charge in [-0.3, -0.25) is 14.4 Å². The largest absolute Gasteiger partial charge is 0.462 e. The highest BCUT2D eigenvalue weighted by molar-refractivity contribution is 5.71. The fourth-order valence-corrected chi connectivity index (χ4v) is 6.05. The first-order valence-electron chi connectivity index (χ1n) is 20.7. The van der Waals surface area contributed by atoms with Gasteiger partial charge in [-0.15, -0.1) is 0 Å². The maximum Gasteiger partial charge on any atom is 0.306 e. The van der Waals surface area contributed by atoms with Gasteiger partial charge in [0, 0.05) is 19.3 Å². The van der Waals surface area contributed by atoms with Gasteiger partial charge in [-0.1, -0.05) is 182 Å². The molecule has 0 radical (unpaired) electrons. The predicted molar refractivity (Wildman–Crippen MR) is 201 cm³/mol. The molecule has 48 heavy (non-hydrogen) atoms.